The second kappa shape index (κ2) is 9.60. The molecule has 2 aromatic carbocycles. The van der Waals surface area contributed by atoms with Gasteiger partial charge in [-0.05, 0) is 41.8 Å². The van der Waals surface area contributed by atoms with E-state index >= 15 is 0 Å². The summed E-state index contributed by atoms with van der Waals surface area (Å²) in [7, 11) is 0. The number of benzene rings is 2. The lowest BCUT2D eigenvalue weighted by Crippen LogP contribution is -2.10. The molecule has 2 aromatic heterocycles. The molecule has 0 aliphatic carbocycles. The van der Waals surface area contributed by atoms with Gasteiger partial charge < -0.3 is 10.6 Å². The van der Waals surface area contributed by atoms with E-state index in [-0.39, 0.29) is 5.82 Å². The highest BCUT2D eigenvalue weighted by molar-refractivity contribution is 5.64. The van der Waals surface area contributed by atoms with E-state index in [1.807, 2.05) is 48.5 Å². The Labute approximate surface area is 175 Å². The Hall–Kier alpha value is -3.80. The molecule has 0 fully saturated rings. The van der Waals surface area contributed by atoms with Gasteiger partial charge >= 0.3 is 0 Å². The van der Waals surface area contributed by atoms with Gasteiger partial charge in [0.2, 0.25) is 5.95 Å². The van der Waals surface area contributed by atoms with E-state index in [0.717, 1.165) is 34.6 Å². The molecule has 2 heterocycles. The largest absolute Gasteiger partial charge is 0.366 e. The first-order valence-electron chi connectivity index (χ1n) is 9.82. The highest BCUT2D eigenvalue weighted by Gasteiger charge is 2.07. The molecule has 6 heteroatoms. The third-order valence-corrected chi connectivity index (χ3v) is 4.63. The van der Waals surface area contributed by atoms with Crippen molar-refractivity contribution in [2.45, 2.75) is 13.0 Å². The maximum absolute atomic E-state index is 13.1. The molecule has 0 unspecified atom stereocenters. The SMILES string of the molecule is Fc1ccc(CCNc2nc(NCc3ccncc3)cc(-c3ccccc3)n2)cc1. The summed E-state index contributed by atoms with van der Waals surface area (Å²) in [4.78, 5) is 13.3. The van der Waals surface area contributed by atoms with Gasteiger partial charge in [0.15, 0.2) is 0 Å². The molecule has 4 rings (SSSR count). The lowest BCUT2D eigenvalue weighted by Gasteiger charge is -2.12. The highest BCUT2D eigenvalue weighted by atomic mass is 19.1. The van der Waals surface area contributed by atoms with Crippen LogP contribution < -0.4 is 10.6 Å². The van der Waals surface area contributed by atoms with Gasteiger partial charge in [0.1, 0.15) is 11.6 Å². The number of halogens is 1. The summed E-state index contributed by atoms with van der Waals surface area (Å²) in [5, 5.41) is 6.66. The zero-order valence-corrected chi connectivity index (χ0v) is 16.4. The van der Waals surface area contributed by atoms with Crippen molar-refractivity contribution in [3.63, 3.8) is 0 Å². The Kier molecular flexibility index (Phi) is 6.25. The minimum Gasteiger partial charge on any atom is -0.366 e. The monoisotopic (exact) mass is 399 g/mol. The third kappa shape index (κ3) is 5.38. The van der Waals surface area contributed by atoms with Crippen LogP contribution in [0.3, 0.4) is 0 Å². The molecule has 0 aliphatic rings. The molecule has 0 amide bonds. The first-order valence-corrected chi connectivity index (χ1v) is 9.82. The fourth-order valence-electron chi connectivity index (χ4n) is 3.04. The van der Waals surface area contributed by atoms with Gasteiger partial charge in [-0.3, -0.25) is 4.98 Å². The number of hydrogen-bond acceptors (Lipinski definition) is 5. The molecular formula is C24H22FN5. The average molecular weight is 399 g/mol. The molecule has 0 atom stereocenters. The summed E-state index contributed by atoms with van der Waals surface area (Å²) in [5.74, 6) is 1.07. The number of nitrogens with zero attached hydrogens (tertiary/aromatic N) is 3. The maximum Gasteiger partial charge on any atom is 0.225 e. The van der Waals surface area contributed by atoms with E-state index in [0.29, 0.717) is 19.0 Å². The smallest absolute Gasteiger partial charge is 0.225 e. The molecule has 0 radical (unpaired) electrons. The molecular weight excluding hydrogens is 377 g/mol. The number of pyridine rings is 1. The quantitative estimate of drug-likeness (QED) is 0.439. The number of aromatic nitrogens is 3. The second-order valence-electron chi connectivity index (χ2n) is 6.84. The van der Waals surface area contributed by atoms with Crippen molar-refractivity contribution < 1.29 is 4.39 Å². The zero-order valence-electron chi connectivity index (χ0n) is 16.4. The lowest BCUT2D eigenvalue weighted by molar-refractivity contribution is 0.627. The number of nitrogens with one attached hydrogen (secondary N) is 2. The predicted molar refractivity (Wildman–Crippen MR) is 118 cm³/mol. The Morgan fingerprint density at radius 2 is 1.53 bits per heavy atom. The van der Waals surface area contributed by atoms with Crippen molar-refractivity contribution in [2.24, 2.45) is 0 Å². The van der Waals surface area contributed by atoms with E-state index < -0.39 is 0 Å². The number of hydrogen-bond donors (Lipinski definition) is 2. The molecule has 2 N–H and O–H groups in total. The average Bonchev–Trinajstić information content (AvgIpc) is 2.80. The van der Waals surface area contributed by atoms with Crippen LogP contribution in [0, 0.1) is 5.82 Å². The standard InChI is InChI=1S/C24H22FN5/c25-21-8-6-18(7-9-21)12-15-27-24-29-22(20-4-2-1-3-5-20)16-23(30-24)28-17-19-10-13-26-14-11-19/h1-11,13-14,16H,12,15,17H2,(H2,27,28,29,30). The van der Waals surface area contributed by atoms with Crippen LogP contribution >= 0.6 is 0 Å². The Bertz CT molecular complexity index is 1070. The van der Waals surface area contributed by atoms with Crippen LogP contribution in [-0.4, -0.2) is 21.5 Å². The summed E-state index contributed by atoms with van der Waals surface area (Å²) >= 11 is 0. The van der Waals surface area contributed by atoms with Gasteiger partial charge in [0, 0.05) is 37.1 Å². The molecule has 150 valence electrons. The maximum atomic E-state index is 13.1. The Balaban J connectivity index is 1.50. The van der Waals surface area contributed by atoms with E-state index in [1.165, 1.54) is 12.1 Å². The molecule has 4 aromatic rings. The van der Waals surface area contributed by atoms with Crippen LogP contribution in [0.5, 0.6) is 0 Å². The summed E-state index contributed by atoms with van der Waals surface area (Å²) < 4.78 is 13.1. The summed E-state index contributed by atoms with van der Waals surface area (Å²) in [5.41, 5.74) is 4.04. The summed E-state index contributed by atoms with van der Waals surface area (Å²) in [6.45, 7) is 1.29. The van der Waals surface area contributed by atoms with Crippen LogP contribution in [0.25, 0.3) is 11.3 Å². The molecule has 5 nitrogen and oxygen atoms in total. The highest BCUT2D eigenvalue weighted by Crippen LogP contribution is 2.21. The fourth-order valence-corrected chi connectivity index (χ4v) is 3.04. The topological polar surface area (TPSA) is 62.7 Å². The molecule has 0 saturated heterocycles. The normalized spacial score (nSPS) is 10.6. The molecule has 0 bridgehead atoms. The molecule has 0 spiro atoms. The first kappa shape index (κ1) is 19.5. The molecule has 0 aliphatic heterocycles. The van der Waals surface area contributed by atoms with Crippen LogP contribution in [0.15, 0.2) is 85.2 Å². The fraction of sp³-hybridized carbons (Fsp3) is 0.125. The first-order chi connectivity index (χ1) is 14.8. The number of anilines is 2. The van der Waals surface area contributed by atoms with Crippen molar-refractivity contribution in [1.29, 1.82) is 0 Å². The van der Waals surface area contributed by atoms with Gasteiger partial charge in [-0.25, -0.2) is 9.37 Å². The van der Waals surface area contributed by atoms with Crippen LogP contribution in [0.4, 0.5) is 16.2 Å². The van der Waals surface area contributed by atoms with Crippen molar-refractivity contribution in [2.75, 3.05) is 17.2 Å². The van der Waals surface area contributed by atoms with Crippen LogP contribution in [-0.2, 0) is 13.0 Å². The van der Waals surface area contributed by atoms with E-state index in [2.05, 4.69) is 25.6 Å². The van der Waals surface area contributed by atoms with Gasteiger partial charge in [-0.2, -0.15) is 4.98 Å². The minimum absolute atomic E-state index is 0.226. The van der Waals surface area contributed by atoms with Crippen molar-refractivity contribution in [3.8, 4) is 11.3 Å². The second-order valence-corrected chi connectivity index (χ2v) is 6.84. The third-order valence-electron chi connectivity index (χ3n) is 4.63. The number of rotatable bonds is 8. The van der Waals surface area contributed by atoms with Gasteiger partial charge in [-0.15, -0.1) is 0 Å². The van der Waals surface area contributed by atoms with Crippen LogP contribution in [0.2, 0.25) is 0 Å². The van der Waals surface area contributed by atoms with Crippen molar-refractivity contribution in [1.82, 2.24) is 15.0 Å². The van der Waals surface area contributed by atoms with Crippen molar-refractivity contribution in [3.05, 3.63) is 102 Å². The molecule has 0 saturated carbocycles. The summed E-state index contributed by atoms with van der Waals surface area (Å²) in [6, 6.07) is 22.4. The molecule has 30 heavy (non-hydrogen) atoms. The van der Waals surface area contributed by atoms with E-state index in [9.17, 15) is 4.39 Å². The van der Waals surface area contributed by atoms with E-state index in [1.54, 1.807) is 24.5 Å². The lowest BCUT2D eigenvalue weighted by atomic mass is 10.1. The predicted octanol–water partition coefficient (Wildman–Crippen LogP) is 4.94. The van der Waals surface area contributed by atoms with E-state index in [4.69, 9.17) is 0 Å². The zero-order chi connectivity index (χ0) is 20.6. The Morgan fingerprint density at radius 3 is 2.30 bits per heavy atom. The Morgan fingerprint density at radius 1 is 0.767 bits per heavy atom. The van der Waals surface area contributed by atoms with Gasteiger partial charge in [0.05, 0.1) is 5.69 Å². The van der Waals surface area contributed by atoms with Crippen molar-refractivity contribution >= 4 is 11.8 Å². The van der Waals surface area contributed by atoms with Gasteiger partial charge in [-0.1, -0.05) is 42.5 Å². The summed E-state index contributed by atoms with van der Waals surface area (Å²) in [6.07, 6.45) is 4.29. The van der Waals surface area contributed by atoms with Gasteiger partial charge in [0.25, 0.3) is 0 Å². The minimum atomic E-state index is -0.226. The van der Waals surface area contributed by atoms with Crippen LogP contribution in [0.1, 0.15) is 11.1 Å².